The fourth-order valence-corrected chi connectivity index (χ4v) is 5.49. The van der Waals surface area contributed by atoms with Crippen molar-refractivity contribution in [3.63, 3.8) is 0 Å². The number of nitrogens with zero attached hydrogens (tertiary/aromatic N) is 3. The Morgan fingerprint density at radius 2 is 1.81 bits per heavy atom. The normalized spacial score (nSPS) is 16.5. The molecule has 8 nitrogen and oxygen atoms in total. The van der Waals surface area contributed by atoms with E-state index in [4.69, 9.17) is 14.3 Å². The topological polar surface area (TPSA) is 97.5 Å². The van der Waals surface area contributed by atoms with Gasteiger partial charge in [-0.15, -0.1) is 0 Å². The molecule has 1 N–H and O–H groups in total. The van der Waals surface area contributed by atoms with Crippen LogP contribution in [0.15, 0.2) is 81.0 Å². The highest BCUT2D eigenvalue weighted by Gasteiger charge is 2.45. The number of methoxy groups -OCH3 is 1. The molecule has 0 saturated carbocycles. The zero-order chi connectivity index (χ0) is 25.3. The summed E-state index contributed by atoms with van der Waals surface area (Å²) in [5.41, 5.74) is 5.64. The summed E-state index contributed by atoms with van der Waals surface area (Å²) in [5.74, 6) is 0.300. The van der Waals surface area contributed by atoms with Crippen molar-refractivity contribution in [3.8, 4) is 22.5 Å². The molecule has 0 bridgehead atoms. The maximum absolute atomic E-state index is 12.7. The van der Waals surface area contributed by atoms with E-state index in [1.807, 2.05) is 60.7 Å². The number of amidine groups is 1. The Kier molecular flexibility index (Phi) is 6.34. The van der Waals surface area contributed by atoms with Gasteiger partial charge in [0.25, 0.3) is 5.17 Å². The molecule has 0 aliphatic carbocycles. The lowest BCUT2D eigenvalue weighted by Gasteiger charge is -2.30. The number of hydrogen-bond donors (Lipinski definition) is 1. The highest BCUT2D eigenvalue weighted by molar-refractivity contribution is 8.14. The molecular formula is C27H25N4O4S+. The maximum Gasteiger partial charge on any atom is 0.439 e. The number of H-pyrrole nitrogens is 1. The van der Waals surface area contributed by atoms with E-state index in [9.17, 15) is 9.59 Å². The summed E-state index contributed by atoms with van der Waals surface area (Å²) in [6, 6.07) is 21.4. The van der Waals surface area contributed by atoms with Gasteiger partial charge >= 0.3 is 11.7 Å². The number of carbonyl (C=O) groups excluding carboxylic acids is 1. The molecule has 36 heavy (non-hydrogen) atoms. The molecule has 1 aliphatic heterocycles. The highest BCUT2D eigenvalue weighted by atomic mass is 32.2. The third-order valence-corrected chi connectivity index (χ3v) is 7.55. The molecule has 0 fully saturated rings. The van der Waals surface area contributed by atoms with Crippen LogP contribution >= 0.6 is 11.8 Å². The molecule has 1 unspecified atom stereocenters. The van der Waals surface area contributed by atoms with Crippen molar-refractivity contribution < 1.29 is 14.1 Å². The van der Waals surface area contributed by atoms with Gasteiger partial charge < -0.3 is 4.74 Å². The average molecular weight is 502 g/mol. The van der Waals surface area contributed by atoms with Crippen molar-refractivity contribution in [2.45, 2.75) is 13.3 Å². The number of fused-ring (bicyclic) bond motifs is 1. The minimum atomic E-state index is -0.599. The van der Waals surface area contributed by atoms with Crippen LogP contribution in [-0.4, -0.2) is 41.2 Å². The van der Waals surface area contributed by atoms with E-state index in [0.717, 1.165) is 51.1 Å². The Morgan fingerprint density at radius 1 is 1.06 bits per heavy atom. The van der Waals surface area contributed by atoms with Crippen molar-refractivity contribution in [3.05, 3.63) is 82.8 Å². The monoisotopic (exact) mass is 501 g/mol. The van der Waals surface area contributed by atoms with Gasteiger partial charge in [-0.25, -0.2) is 14.1 Å². The lowest BCUT2D eigenvalue weighted by atomic mass is 9.98. The van der Waals surface area contributed by atoms with E-state index in [-0.39, 0.29) is 10.5 Å². The zero-order valence-electron chi connectivity index (χ0n) is 20.1. The number of benzene rings is 3. The van der Waals surface area contributed by atoms with Crippen LogP contribution in [0.25, 0.3) is 22.5 Å². The van der Waals surface area contributed by atoms with Crippen LogP contribution in [0.3, 0.4) is 0 Å². The smallest absolute Gasteiger partial charge is 0.439 e. The Labute approximate surface area is 212 Å². The predicted molar refractivity (Wildman–Crippen MR) is 143 cm³/mol. The molecule has 3 aromatic carbocycles. The van der Waals surface area contributed by atoms with E-state index in [1.165, 1.54) is 7.11 Å². The van der Waals surface area contributed by atoms with Crippen LogP contribution < -0.4 is 10.2 Å². The van der Waals surface area contributed by atoms with E-state index in [2.05, 4.69) is 24.1 Å². The lowest BCUT2D eigenvalue weighted by molar-refractivity contribution is 0.0600. The number of aromatic nitrogens is 2. The molecule has 0 spiro atoms. The fraction of sp³-hybridized carbons (Fsp3) is 0.185. The van der Waals surface area contributed by atoms with Gasteiger partial charge in [0.05, 0.1) is 14.2 Å². The molecule has 182 valence electrons. The molecule has 4 aromatic rings. The summed E-state index contributed by atoms with van der Waals surface area (Å²) in [4.78, 5) is 31.8. The first-order chi connectivity index (χ1) is 17.5. The van der Waals surface area contributed by atoms with E-state index < -0.39 is 5.76 Å². The first kappa shape index (κ1) is 23.8. The number of nitrogens with one attached hydrogen (secondary N) is 1. The second-order valence-corrected chi connectivity index (χ2v) is 9.51. The van der Waals surface area contributed by atoms with Crippen molar-refractivity contribution in [2.24, 2.45) is 4.99 Å². The minimum Gasteiger partial charge on any atom is -0.465 e. The molecule has 9 heteroatoms. The number of carbonyl (C=O) groups is 1. The number of esters is 1. The van der Waals surface area contributed by atoms with Gasteiger partial charge in [0.2, 0.25) is 0 Å². The molecule has 0 saturated heterocycles. The summed E-state index contributed by atoms with van der Waals surface area (Å²) >= 11 is 1.69. The van der Waals surface area contributed by atoms with Crippen molar-refractivity contribution >= 4 is 40.0 Å². The van der Waals surface area contributed by atoms with Crippen molar-refractivity contribution in [2.75, 3.05) is 19.9 Å². The van der Waals surface area contributed by atoms with Gasteiger partial charge in [0, 0.05) is 23.4 Å². The van der Waals surface area contributed by atoms with E-state index in [0.29, 0.717) is 11.4 Å². The number of rotatable bonds is 6. The lowest BCUT2D eigenvalue weighted by Crippen LogP contribution is -2.43. The Morgan fingerprint density at radius 3 is 2.47 bits per heavy atom. The Bertz CT molecular complexity index is 1520. The largest absolute Gasteiger partial charge is 0.465 e. The van der Waals surface area contributed by atoms with Gasteiger partial charge in [-0.1, -0.05) is 42.4 Å². The molecule has 0 radical (unpaired) electrons. The van der Waals surface area contributed by atoms with E-state index >= 15 is 0 Å². The summed E-state index contributed by atoms with van der Waals surface area (Å²) in [6.07, 6.45) is 1.00. The standard InChI is InChI=1S/C27H24N4O4S/c1-4-16-36-26-28-22-11-7-10-21(25(32)34-3)23(22)31(26,2)18-14-12-17(13-15-18)19-8-5-6-9-20(19)24-29-27(33)35-30-24/h5-15H,4,16H2,1-3H3/p+1. The SMILES string of the molecule is CCCSC1=Nc2cccc(C(=O)OC)c2[N+]1(C)c1ccc(-c2ccccc2-c2noc(=O)[nH]2)cc1. The van der Waals surface area contributed by atoms with Crippen LogP contribution in [0.5, 0.6) is 0 Å². The quantitative estimate of drug-likeness (QED) is 0.261. The molecule has 5 rings (SSSR count). The maximum atomic E-state index is 12.7. The first-order valence-corrected chi connectivity index (χ1v) is 12.5. The van der Waals surface area contributed by atoms with Crippen molar-refractivity contribution in [1.29, 1.82) is 0 Å². The van der Waals surface area contributed by atoms with Gasteiger partial charge in [-0.05, 0) is 53.6 Å². The summed E-state index contributed by atoms with van der Waals surface area (Å²) in [6.45, 7) is 2.13. The molecule has 1 aromatic heterocycles. The fourth-order valence-electron chi connectivity index (χ4n) is 4.49. The number of aliphatic imine (C=N–C) groups is 1. The minimum absolute atomic E-state index is 0.268. The van der Waals surface area contributed by atoms with Gasteiger partial charge in [0.15, 0.2) is 11.5 Å². The summed E-state index contributed by atoms with van der Waals surface area (Å²) in [5, 5.41) is 4.75. The van der Waals surface area contributed by atoms with E-state index in [1.54, 1.807) is 17.8 Å². The molecular weight excluding hydrogens is 476 g/mol. The molecule has 2 heterocycles. The molecule has 1 atom stereocenters. The molecule has 0 amide bonds. The third-order valence-electron chi connectivity index (χ3n) is 6.22. The van der Waals surface area contributed by atoms with Crippen LogP contribution in [0.4, 0.5) is 17.1 Å². The van der Waals surface area contributed by atoms with Crippen molar-refractivity contribution in [1.82, 2.24) is 14.6 Å². The average Bonchev–Trinajstić information content (AvgIpc) is 3.48. The molecule has 1 aliphatic rings. The number of hydrogen-bond acceptors (Lipinski definition) is 7. The number of para-hydroxylation sites is 1. The van der Waals surface area contributed by atoms with Crippen LogP contribution in [0.1, 0.15) is 23.7 Å². The van der Waals surface area contributed by atoms with Crippen LogP contribution in [0, 0.1) is 0 Å². The highest BCUT2D eigenvalue weighted by Crippen LogP contribution is 2.50. The number of quaternary nitrogens is 1. The Balaban J connectivity index is 1.61. The second-order valence-electron chi connectivity index (χ2n) is 8.45. The van der Waals surface area contributed by atoms with Gasteiger partial charge in [-0.3, -0.25) is 9.51 Å². The number of aromatic amines is 1. The summed E-state index contributed by atoms with van der Waals surface area (Å²) in [7, 11) is 3.45. The zero-order valence-corrected chi connectivity index (χ0v) is 21.0. The summed E-state index contributed by atoms with van der Waals surface area (Å²) < 4.78 is 10.1. The van der Waals surface area contributed by atoms with Gasteiger partial charge in [-0.2, -0.15) is 4.99 Å². The number of thioether (sulfide) groups is 1. The second kappa shape index (κ2) is 9.60. The first-order valence-electron chi connectivity index (χ1n) is 11.5. The predicted octanol–water partition coefficient (Wildman–Crippen LogP) is 5.90. The van der Waals surface area contributed by atoms with Crippen LogP contribution in [-0.2, 0) is 4.74 Å². The Hall–Kier alpha value is -3.95. The third kappa shape index (κ3) is 3.96. The van der Waals surface area contributed by atoms with Gasteiger partial charge in [0.1, 0.15) is 16.9 Å². The number of ether oxygens (including phenoxy) is 1. The van der Waals surface area contributed by atoms with Crippen LogP contribution in [0.2, 0.25) is 0 Å².